The number of ether oxygens (including phenoxy) is 7. The third-order valence-electron chi connectivity index (χ3n) is 3.76. The number of methoxy groups -OCH3 is 6. The standard InChI is InChI=1S/C18H22O9/c1-21-9-7-11(15(23-3)17(25-5)13(9)19)27-12-8-10(22-2)14(20)18(26-6)16(12)24-4/h7-8,19-20H,1-6H3. The third-order valence-corrected chi connectivity index (χ3v) is 3.76. The normalized spacial score (nSPS) is 10.1. The third kappa shape index (κ3) is 3.48. The Morgan fingerprint density at radius 3 is 1.07 bits per heavy atom. The van der Waals surface area contributed by atoms with Gasteiger partial charge in [0, 0.05) is 12.1 Å². The molecule has 0 saturated carbocycles. The molecular formula is C18H22O9. The van der Waals surface area contributed by atoms with Crippen molar-refractivity contribution in [2.24, 2.45) is 0 Å². The van der Waals surface area contributed by atoms with Crippen molar-refractivity contribution in [3.8, 4) is 57.5 Å². The van der Waals surface area contributed by atoms with E-state index in [2.05, 4.69) is 0 Å². The summed E-state index contributed by atoms with van der Waals surface area (Å²) in [6.07, 6.45) is 0. The van der Waals surface area contributed by atoms with Gasteiger partial charge in [0.15, 0.2) is 23.0 Å². The average Bonchev–Trinajstić information content (AvgIpc) is 2.68. The second-order valence-corrected chi connectivity index (χ2v) is 5.09. The first kappa shape index (κ1) is 20.0. The number of hydrogen-bond donors (Lipinski definition) is 2. The molecule has 0 radical (unpaired) electrons. The highest BCUT2D eigenvalue weighted by atomic mass is 16.6. The molecule has 0 amide bonds. The lowest BCUT2D eigenvalue weighted by molar-refractivity contribution is 0.291. The minimum absolute atomic E-state index is 0.0310. The van der Waals surface area contributed by atoms with E-state index in [9.17, 15) is 10.2 Å². The van der Waals surface area contributed by atoms with E-state index in [4.69, 9.17) is 33.2 Å². The molecule has 2 aromatic rings. The monoisotopic (exact) mass is 382 g/mol. The van der Waals surface area contributed by atoms with E-state index in [1.165, 1.54) is 54.8 Å². The second kappa shape index (κ2) is 8.35. The quantitative estimate of drug-likeness (QED) is 0.713. The lowest BCUT2D eigenvalue weighted by Crippen LogP contribution is -2.00. The molecule has 0 spiro atoms. The van der Waals surface area contributed by atoms with Crippen molar-refractivity contribution in [1.82, 2.24) is 0 Å². The lowest BCUT2D eigenvalue weighted by Gasteiger charge is -2.19. The van der Waals surface area contributed by atoms with Gasteiger partial charge in [-0.05, 0) is 0 Å². The molecule has 0 aliphatic rings. The van der Waals surface area contributed by atoms with Crippen molar-refractivity contribution in [2.75, 3.05) is 42.7 Å². The first-order valence-electron chi connectivity index (χ1n) is 7.68. The molecule has 9 nitrogen and oxygen atoms in total. The maximum absolute atomic E-state index is 10.2. The van der Waals surface area contributed by atoms with Crippen molar-refractivity contribution < 1.29 is 43.4 Å². The van der Waals surface area contributed by atoms with Gasteiger partial charge in [-0.15, -0.1) is 0 Å². The molecule has 9 heteroatoms. The first-order valence-corrected chi connectivity index (χ1v) is 7.68. The Bertz CT molecular complexity index is 750. The smallest absolute Gasteiger partial charge is 0.211 e. The van der Waals surface area contributed by atoms with Crippen LogP contribution in [-0.2, 0) is 0 Å². The number of phenolic OH excluding ortho intramolecular Hbond substituents is 2. The summed E-state index contributed by atoms with van der Waals surface area (Å²) in [6.45, 7) is 0. The Hall–Kier alpha value is -3.36. The van der Waals surface area contributed by atoms with Crippen LogP contribution in [-0.4, -0.2) is 52.9 Å². The highest BCUT2D eigenvalue weighted by Crippen LogP contribution is 2.54. The predicted molar refractivity (Wildman–Crippen MR) is 95.6 cm³/mol. The molecule has 0 aliphatic carbocycles. The van der Waals surface area contributed by atoms with E-state index in [0.717, 1.165) is 0 Å². The molecule has 0 bridgehead atoms. The van der Waals surface area contributed by atoms with Crippen LogP contribution in [0.4, 0.5) is 0 Å². The van der Waals surface area contributed by atoms with Crippen LogP contribution in [0.1, 0.15) is 0 Å². The minimum atomic E-state index is -0.239. The van der Waals surface area contributed by atoms with Gasteiger partial charge in [-0.2, -0.15) is 0 Å². The Balaban J connectivity index is 2.69. The molecule has 0 aliphatic heterocycles. The largest absolute Gasteiger partial charge is 0.502 e. The molecule has 2 rings (SSSR count). The highest BCUT2D eigenvalue weighted by Gasteiger charge is 2.26. The number of benzene rings is 2. The number of aromatic hydroxyl groups is 2. The lowest BCUT2D eigenvalue weighted by atomic mass is 10.2. The molecule has 27 heavy (non-hydrogen) atoms. The van der Waals surface area contributed by atoms with E-state index < -0.39 is 0 Å². The van der Waals surface area contributed by atoms with Gasteiger partial charge in [0.2, 0.25) is 34.5 Å². The molecule has 2 N–H and O–H groups in total. The molecule has 0 fully saturated rings. The Morgan fingerprint density at radius 1 is 0.481 bits per heavy atom. The Kier molecular flexibility index (Phi) is 6.17. The van der Waals surface area contributed by atoms with Gasteiger partial charge in [0.05, 0.1) is 42.7 Å². The van der Waals surface area contributed by atoms with Gasteiger partial charge in [0.1, 0.15) is 0 Å². The van der Waals surface area contributed by atoms with Crippen molar-refractivity contribution in [2.45, 2.75) is 0 Å². The Morgan fingerprint density at radius 2 is 0.815 bits per heavy atom. The molecule has 0 heterocycles. The van der Waals surface area contributed by atoms with Crippen LogP contribution >= 0.6 is 0 Å². The summed E-state index contributed by atoms with van der Waals surface area (Å²) in [6, 6.07) is 2.84. The molecule has 0 unspecified atom stereocenters. The molecule has 0 saturated heterocycles. The van der Waals surface area contributed by atoms with Crippen LogP contribution in [0.5, 0.6) is 57.5 Å². The van der Waals surface area contributed by atoms with Crippen molar-refractivity contribution in [1.29, 1.82) is 0 Å². The molecule has 0 aromatic heterocycles. The van der Waals surface area contributed by atoms with Crippen LogP contribution in [0.3, 0.4) is 0 Å². The average molecular weight is 382 g/mol. The minimum Gasteiger partial charge on any atom is -0.502 e. The van der Waals surface area contributed by atoms with Crippen LogP contribution in [0, 0.1) is 0 Å². The number of hydrogen-bond acceptors (Lipinski definition) is 9. The first-order chi connectivity index (χ1) is 13.0. The van der Waals surface area contributed by atoms with E-state index in [0.29, 0.717) is 0 Å². The predicted octanol–water partition coefficient (Wildman–Crippen LogP) is 2.94. The second-order valence-electron chi connectivity index (χ2n) is 5.09. The van der Waals surface area contributed by atoms with Gasteiger partial charge in [-0.25, -0.2) is 0 Å². The Labute approximate surface area is 156 Å². The van der Waals surface area contributed by atoms with Crippen LogP contribution in [0.15, 0.2) is 12.1 Å². The maximum atomic E-state index is 10.2. The van der Waals surface area contributed by atoms with Gasteiger partial charge in [0.25, 0.3) is 0 Å². The summed E-state index contributed by atoms with van der Waals surface area (Å²) >= 11 is 0. The summed E-state index contributed by atoms with van der Waals surface area (Å²) in [5.74, 6) is 0.390. The molecular weight excluding hydrogens is 360 g/mol. The fourth-order valence-electron chi connectivity index (χ4n) is 2.52. The van der Waals surface area contributed by atoms with Gasteiger partial charge < -0.3 is 43.4 Å². The van der Waals surface area contributed by atoms with E-state index >= 15 is 0 Å². The van der Waals surface area contributed by atoms with Gasteiger partial charge >= 0.3 is 0 Å². The fourth-order valence-corrected chi connectivity index (χ4v) is 2.52. The zero-order chi connectivity index (χ0) is 20.1. The van der Waals surface area contributed by atoms with Crippen molar-refractivity contribution >= 4 is 0 Å². The summed E-state index contributed by atoms with van der Waals surface area (Å²) in [5.41, 5.74) is 0. The number of rotatable bonds is 8. The van der Waals surface area contributed by atoms with Crippen LogP contribution in [0.25, 0.3) is 0 Å². The van der Waals surface area contributed by atoms with E-state index in [1.807, 2.05) is 0 Å². The van der Waals surface area contributed by atoms with E-state index in [1.54, 1.807) is 0 Å². The zero-order valence-electron chi connectivity index (χ0n) is 15.9. The summed E-state index contributed by atoms with van der Waals surface area (Å²) in [5, 5.41) is 20.4. The topological polar surface area (TPSA) is 105 Å². The molecule has 2 aromatic carbocycles. The summed E-state index contributed by atoms with van der Waals surface area (Å²) < 4.78 is 37.2. The molecule has 0 atom stereocenters. The van der Waals surface area contributed by atoms with Crippen LogP contribution < -0.4 is 33.2 Å². The fraction of sp³-hybridized carbons (Fsp3) is 0.333. The highest BCUT2D eigenvalue weighted by molar-refractivity contribution is 5.69. The van der Waals surface area contributed by atoms with Gasteiger partial charge in [-0.1, -0.05) is 0 Å². The van der Waals surface area contributed by atoms with Crippen LogP contribution in [0.2, 0.25) is 0 Å². The van der Waals surface area contributed by atoms with Crippen molar-refractivity contribution in [3.05, 3.63) is 12.1 Å². The SMILES string of the molecule is COc1cc(Oc2cc(OC)c(O)c(OC)c2OC)c(OC)c(OC)c1O. The maximum Gasteiger partial charge on any atom is 0.211 e. The van der Waals surface area contributed by atoms with Gasteiger partial charge in [-0.3, -0.25) is 0 Å². The molecule has 148 valence electrons. The summed E-state index contributed by atoms with van der Waals surface area (Å²) in [7, 11) is 8.30. The summed E-state index contributed by atoms with van der Waals surface area (Å²) in [4.78, 5) is 0. The number of phenols is 2. The van der Waals surface area contributed by atoms with E-state index in [-0.39, 0.29) is 57.5 Å². The zero-order valence-corrected chi connectivity index (χ0v) is 15.9. The van der Waals surface area contributed by atoms with Crippen molar-refractivity contribution in [3.63, 3.8) is 0 Å².